The molecule has 1 saturated carbocycles. The molecule has 2 aromatic rings. The third kappa shape index (κ3) is 2.99. The second kappa shape index (κ2) is 6.21. The highest BCUT2D eigenvalue weighted by Crippen LogP contribution is 2.53. The van der Waals surface area contributed by atoms with Crippen molar-refractivity contribution in [3.63, 3.8) is 0 Å². The summed E-state index contributed by atoms with van der Waals surface area (Å²) in [6.45, 7) is 1.48. The molecule has 128 valence electrons. The monoisotopic (exact) mass is 391 g/mol. The molecule has 1 spiro atoms. The SMILES string of the molecule is C#CNC1C[C@@]12CCN(C(=O)c1csc(-c3ccc(Cl)cc3Cl)n1)C2. The van der Waals surface area contributed by atoms with Gasteiger partial charge in [0.05, 0.1) is 5.02 Å². The molecule has 1 N–H and O–H groups in total. The largest absolute Gasteiger partial charge is 0.342 e. The van der Waals surface area contributed by atoms with Gasteiger partial charge >= 0.3 is 0 Å². The zero-order valence-electron chi connectivity index (χ0n) is 13.3. The van der Waals surface area contributed by atoms with Crippen molar-refractivity contribution in [2.45, 2.75) is 18.9 Å². The van der Waals surface area contributed by atoms with Crippen molar-refractivity contribution in [2.75, 3.05) is 13.1 Å². The fourth-order valence-electron chi connectivity index (χ4n) is 3.49. The van der Waals surface area contributed by atoms with Crippen LogP contribution in [-0.4, -0.2) is 34.9 Å². The van der Waals surface area contributed by atoms with Gasteiger partial charge in [-0.15, -0.1) is 11.3 Å². The van der Waals surface area contributed by atoms with E-state index in [1.54, 1.807) is 17.5 Å². The quantitative estimate of drug-likeness (QED) is 0.637. The molecule has 1 saturated heterocycles. The van der Waals surface area contributed by atoms with Gasteiger partial charge in [0, 0.05) is 46.6 Å². The van der Waals surface area contributed by atoms with E-state index in [0.717, 1.165) is 36.5 Å². The van der Waals surface area contributed by atoms with Crippen molar-refractivity contribution in [3.8, 4) is 23.0 Å². The van der Waals surface area contributed by atoms with Crippen LogP contribution >= 0.6 is 34.5 Å². The third-order valence-electron chi connectivity index (χ3n) is 5.00. The number of likely N-dealkylation sites (tertiary alicyclic amines) is 1. The van der Waals surface area contributed by atoms with Crippen LogP contribution in [0.4, 0.5) is 0 Å². The number of amides is 1. The molecule has 2 atom stereocenters. The zero-order chi connectivity index (χ0) is 17.6. The van der Waals surface area contributed by atoms with Gasteiger partial charge in [0.25, 0.3) is 5.91 Å². The zero-order valence-corrected chi connectivity index (χ0v) is 15.6. The van der Waals surface area contributed by atoms with Crippen LogP contribution < -0.4 is 5.32 Å². The molecule has 0 radical (unpaired) electrons. The number of rotatable bonds is 3. The Labute approximate surface area is 160 Å². The van der Waals surface area contributed by atoms with Crippen LogP contribution in [0.15, 0.2) is 23.6 Å². The lowest BCUT2D eigenvalue weighted by Gasteiger charge is -2.15. The van der Waals surface area contributed by atoms with E-state index in [1.807, 2.05) is 11.0 Å². The van der Waals surface area contributed by atoms with Crippen LogP contribution in [0.5, 0.6) is 0 Å². The normalized spacial score (nSPS) is 24.4. The Bertz CT molecular complexity index is 891. The first-order valence-electron chi connectivity index (χ1n) is 7.94. The van der Waals surface area contributed by atoms with E-state index in [9.17, 15) is 4.79 Å². The fraction of sp³-hybridized carbons (Fsp3) is 0.333. The Balaban J connectivity index is 1.49. The minimum Gasteiger partial charge on any atom is -0.342 e. The van der Waals surface area contributed by atoms with Gasteiger partial charge in [-0.05, 0) is 31.0 Å². The molecule has 2 heterocycles. The first-order chi connectivity index (χ1) is 12.0. The Kier molecular flexibility index (Phi) is 4.15. The lowest BCUT2D eigenvalue weighted by atomic mass is 10.1. The van der Waals surface area contributed by atoms with Crippen LogP contribution in [0.25, 0.3) is 10.6 Å². The molecule has 2 aliphatic rings. The Morgan fingerprint density at radius 1 is 1.48 bits per heavy atom. The lowest BCUT2D eigenvalue weighted by molar-refractivity contribution is 0.0779. The molecular formula is C18H15Cl2N3OS. The first-order valence-corrected chi connectivity index (χ1v) is 9.57. The van der Waals surface area contributed by atoms with Crippen molar-refractivity contribution in [1.82, 2.24) is 15.2 Å². The van der Waals surface area contributed by atoms with Crippen LogP contribution in [0.1, 0.15) is 23.3 Å². The predicted octanol–water partition coefficient (Wildman–Crippen LogP) is 3.90. The van der Waals surface area contributed by atoms with E-state index in [1.165, 1.54) is 11.3 Å². The molecule has 25 heavy (non-hydrogen) atoms. The summed E-state index contributed by atoms with van der Waals surface area (Å²) in [6, 6.07) is 8.09. The van der Waals surface area contributed by atoms with Gasteiger partial charge in [0.1, 0.15) is 10.7 Å². The summed E-state index contributed by atoms with van der Waals surface area (Å²) in [6.07, 6.45) is 7.33. The molecule has 1 unspecified atom stereocenters. The average molecular weight is 392 g/mol. The second-order valence-electron chi connectivity index (χ2n) is 6.55. The third-order valence-corrected chi connectivity index (χ3v) is 6.43. The van der Waals surface area contributed by atoms with Gasteiger partial charge in [-0.2, -0.15) is 0 Å². The molecule has 0 bridgehead atoms. The van der Waals surface area contributed by atoms with E-state index < -0.39 is 0 Å². The Morgan fingerprint density at radius 2 is 2.32 bits per heavy atom. The average Bonchev–Trinajstić information content (AvgIpc) is 2.94. The first kappa shape index (κ1) is 16.7. The van der Waals surface area contributed by atoms with Gasteiger partial charge < -0.3 is 10.2 Å². The summed E-state index contributed by atoms with van der Waals surface area (Å²) in [5.74, 6) is -0.0316. The van der Waals surface area contributed by atoms with Crippen LogP contribution in [0.2, 0.25) is 10.0 Å². The highest BCUT2D eigenvalue weighted by molar-refractivity contribution is 7.13. The van der Waals surface area contributed by atoms with E-state index >= 15 is 0 Å². The van der Waals surface area contributed by atoms with Crippen LogP contribution in [-0.2, 0) is 0 Å². The maximum atomic E-state index is 12.8. The molecule has 2 fully saturated rings. The lowest BCUT2D eigenvalue weighted by Crippen LogP contribution is -2.30. The number of nitrogens with zero attached hydrogens (tertiary/aromatic N) is 2. The fourth-order valence-corrected chi connectivity index (χ4v) is 4.88. The predicted molar refractivity (Wildman–Crippen MR) is 101 cm³/mol. The number of aromatic nitrogens is 1. The highest BCUT2D eigenvalue weighted by Gasteiger charge is 2.58. The number of terminal acetylenes is 1. The number of nitrogens with one attached hydrogen (secondary N) is 1. The van der Waals surface area contributed by atoms with Crippen LogP contribution in [0, 0.1) is 17.9 Å². The number of hydrogen-bond acceptors (Lipinski definition) is 4. The summed E-state index contributed by atoms with van der Waals surface area (Å²) in [5.41, 5.74) is 1.40. The van der Waals surface area contributed by atoms with Gasteiger partial charge in [0.15, 0.2) is 0 Å². The molecule has 1 aliphatic heterocycles. The summed E-state index contributed by atoms with van der Waals surface area (Å²) in [7, 11) is 0. The topological polar surface area (TPSA) is 45.2 Å². The van der Waals surface area contributed by atoms with E-state index in [-0.39, 0.29) is 11.3 Å². The van der Waals surface area contributed by atoms with Gasteiger partial charge in [-0.1, -0.05) is 29.6 Å². The standard InChI is InChI=1S/C18H15Cl2N3OS/c1-2-21-15-8-18(15)5-6-23(10-18)17(24)14-9-25-16(22-14)12-4-3-11(19)7-13(12)20/h1,3-4,7,9,15,21H,5-6,8,10H2/t15?,18-/m1/s1. The molecule has 1 aliphatic carbocycles. The van der Waals surface area contributed by atoms with Crippen molar-refractivity contribution in [1.29, 1.82) is 0 Å². The van der Waals surface area contributed by atoms with Crippen molar-refractivity contribution in [3.05, 3.63) is 39.3 Å². The van der Waals surface area contributed by atoms with Gasteiger partial charge in [-0.3, -0.25) is 4.79 Å². The van der Waals surface area contributed by atoms with E-state index in [0.29, 0.717) is 21.8 Å². The summed E-state index contributed by atoms with van der Waals surface area (Å²) >= 11 is 13.6. The summed E-state index contributed by atoms with van der Waals surface area (Å²) < 4.78 is 0. The number of hydrogen-bond donors (Lipinski definition) is 1. The summed E-state index contributed by atoms with van der Waals surface area (Å²) in [4.78, 5) is 19.1. The number of benzene rings is 1. The minimum atomic E-state index is -0.0316. The Hall–Kier alpha value is -1.74. The van der Waals surface area contributed by atoms with E-state index in [2.05, 4.69) is 16.3 Å². The molecule has 7 heteroatoms. The molecular weight excluding hydrogens is 377 g/mol. The second-order valence-corrected chi connectivity index (χ2v) is 8.25. The maximum Gasteiger partial charge on any atom is 0.273 e. The van der Waals surface area contributed by atoms with Crippen LogP contribution in [0.3, 0.4) is 0 Å². The molecule has 1 amide bonds. The molecule has 4 nitrogen and oxygen atoms in total. The minimum absolute atomic E-state index is 0.0316. The smallest absolute Gasteiger partial charge is 0.273 e. The summed E-state index contributed by atoms with van der Waals surface area (Å²) in [5, 5.41) is 6.65. The number of thiazole rings is 1. The number of carbonyl (C=O) groups excluding carboxylic acids is 1. The molecule has 1 aromatic heterocycles. The van der Waals surface area contributed by atoms with Gasteiger partial charge in [-0.25, -0.2) is 4.98 Å². The number of halogens is 2. The van der Waals surface area contributed by atoms with Gasteiger partial charge in [0.2, 0.25) is 0 Å². The van der Waals surface area contributed by atoms with E-state index in [4.69, 9.17) is 29.6 Å². The maximum absolute atomic E-state index is 12.8. The highest BCUT2D eigenvalue weighted by atomic mass is 35.5. The number of carbonyl (C=O) groups is 1. The van der Waals surface area contributed by atoms with Crippen molar-refractivity contribution < 1.29 is 4.79 Å². The molecule has 4 rings (SSSR count). The molecule has 1 aromatic carbocycles. The van der Waals surface area contributed by atoms with Crippen molar-refractivity contribution in [2.24, 2.45) is 5.41 Å². The van der Waals surface area contributed by atoms with Crippen molar-refractivity contribution >= 4 is 40.4 Å². The Morgan fingerprint density at radius 3 is 3.08 bits per heavy atom.